The monoisotopic (exact) mass is 415 g/mol. The van der Waals surface area contributed by atoms with Crippen LogP contribution < -0.4 is 5.32 Å². The third kappa shape index (κ3) is 4.19. The minimum atomic E-state index is -4.51. The number of nitrogens with one attached hydrogen (secondary N) is 1. The highest BCUT2D eigenvalue weighted by molar-refractivity contribution is 7.13. The number of amides is 1. The van der Waals surface area contributed by atoms with Crippen LogP contribution in [0.2, 0.25) is 0 Å². The van der Waals surface area contributed by atoms with Gasteiger partial charge in [0.2, 0.25) is 5.89 Å². The number of benzene rings is 2. The van der Waals surface area contributed by atoms with Crippen LogP contribution in [0.15, 0.2) is 70.5 Å². The van der Waals surface area contributed by atoms with E-state index in [1.165, 1.54) is 12.1 Å². The molecule has 1 N–H and O–H groups in total. The highest BCUT2D eigenvalue weighted by atomic mass is 32.1. The number of nitrogens with zero attached hydrogens (tertiary/aromatic N) is 2. The van der Waals surface area contributed by atoms with Gasteiger partial charge in [-0.1, -0.05) is 24.3 Å². The van der Waals surface area contributed by atoms with Gasteiger partial charge in [0.05, 0.1) is 5.56 Å². The standard InChI is InChI=1S/C20H12F3N3O2S/c21-20(22,23)14-6-2-7-15(11-14)24-17(27)19-26-25-18(28-19)13-5-1-4-12(10-13)16-8-3-9-29-16/h1-11H,(H,24,27). The summed E-state index contributed by atoms with van der Waals surface area (Å²) in [6.45, 7) is 0. The number of aromatic nitrogens is 2. The van der Waals surface area contributed by atoms with Crippen molar-refractivity contribution < 1.29 is 22.4 Å². The Bertz CT molecular complexity index is 1150. The summed E-state index contributed by atoms with van der Waals surface area (Å²) in [5.41, 5.74) is 0.698. The average molecular weight is 415 g/mol. The van der Waals surface area contributed by atoms with Crippen molar-refractivity contribution in [1.82, 2.24) is 10.2 Å². The minimum Gasteiger partial charge on any atom is -0.412 e. The molecule has 0 aliphatic rings. The fourth-order valence-corrected chi connectivity index (χ4v) is 3.36. The largest absolute Gasteiger partial charge is 0.416 e. The molecule has 5 nitrogen and oxygen atoms in total. The van der Waals surface area contributed by atoms with Gasteiger partial charge in [0.1, 0.15) is 0 Å². The predicted molar refractivity (Wildman–Crippen MR) is 102 cm³/mol. The lowest BCUT2D eigenvalue weighted by Crippen LogP contribution is -2.13. The second-order valence-electron chi connectivity index (χ2n) is 6.00. The number of thiophene rings is 1. The first-order valence-corrected chi connectivity index (χ1v) is 9.24. The van der Waals surface area contributed by atoms with Gasteiger partial charge < -0.3 is 9.73 Å². The van der Waals surface area contributed by atoms with Crippen LogP contribution in [0.4, 0.5) is 18.9 Å². The fraction of sp³-hybridized carbons (Fsp3) is 0.0500. The number of carbonyl (C=O) groups is 1. The number of rotatable bonds is 4. The zero-order valence-electron chi connectivity index (χ0n) is 14.6. The highest BCUT2D eigenvalue weighted by Gasteiger charge is 2.30. The average Bonchev–Trinajstić information content (AvgIpc) is 3.40. The zero-order valence-corrected chi connectivity index (χ0v) is 15.4. The van der Waals surface area contributed by atoms with Gasteiger partial charge in [-0.15, -0.1) is 21.5 Å². The molecule has 0 fully saturated rings. The van der Waals surface area contributed by atoms with Crippen LogP contribution in [-0.2, 0) is 6.18 Å². The molecule has 4 rings (SSSR count). The van der Waals surface area contributed by atoms with Gasteiger partial charge in [-0.2, -0.15) is 13.2 Å². The zero-order chi connectivity index (χ0) is 20.4. The molecule has 2 heterocycles. The molecular weight excluding hydrogens is 403 g/mol. The molecule has 0 radical (unpaired) electrons. The van der Waals surface area contributed by atoms with Crippen LogP contribution in [0.5, 0.6) is 0 Å². The van der Waals surface area contributed by atoms with Crippen LogP contribution >= 0.6 is 11.3 Å². The molecule has 29 heavy (non-hydrogen) atoms. The smallest absolute Gasteiger partial charge is 0.412 e. The molecule has 0 spiro atoms. The number of halogens is 3. The maximum Gasteiger partial charge on any atom is 0.416 e. The van der Waals surface area contributed by atoms with Crippen molar-refractivity contribution in [2.24, 2.45) is 0 Å². The van der Waals surface area contributed by atoms with E-state index in [2.05, 4.69) is 15.5 Å². The van der Waals surface area contributed by atoms with Crippen LogP contribution in [0.3, 0.4) is 0 Å². The predicted octanol–water partition coefficient (Wildman–Crippen LogP) is 5.74. The number of alkyl halides is 3. The Morgan fingerprint density at radius 1 is 0.966 bits per heavy atom. The lowest BCUT2D eigenvalue weighted by molar-refractivity contribution is -0.137. The van der Waals surface area contributed by atoms with Gasteiger partial charge >= 0.3 is 18.0 Å². The first kappa shape index (κ1) is 18.9. The lowest BCUT2D eigenvalue weighted by atomic mass is 10.1. The molecule has 0 atom stereocenters. The molecule has 0 unspecified atom stereocenters. The summed E-state index contributed by atoms with van der Waals surface area (Å²) in [6, 6.07) is 15.6. The summed E-state index contributed by atoms with van der Waals surface area (Å²) in [5, 5.41) is 11.9. The Hall–Kier alpha value is -3.46. The number of anilines is 1. The quantitative estimate of drug-likeness (QED) is 0.462. The summed E-state index contributed by atoms with van der Waals surface area (Å²) in [6.07, 6.45) is -4.51. The first-order chi connectivity index (χ1) is 13.9. The van der Waals surface area contributed by atoms with Gasteiger partial charge in [0.15, 0.2) is 0 Å². The molecule has 0 saturated carbocycles. The fourth-order valence-electron chi connectivity index (χ4n) is 2.64. The van der Waals surface area contributed by atoms with Crippen molar-refractivity contribution in [3.63, 3.8) is 0 Å². The van der Waals surface area contributed by atoms with E-state index in [0.717, 1.165) is 22.6 Å². The second kappa shape index (κ2) is 7.51. The van der Waals surface area contributed by atoms with Crippen molar-refractivity contribution in [1.29, 1.82) is 0 Å². The Morgan fingerprint density at radius 2 is 1.76 bits per heavy atom. The van der Waals surface area contributed by atoms with Gasteiger partial charge in [-0.05, 0) is 47.3 Å². The van der Waals surface area contributed by atoms with Crippen molar-refractivity contribution in [2.45, 2.75) is 6.18 Å². The Kier molecular flexibility index (Phi) is 4.89. The SMILES string of the molecule is O=C(Nc1cccc(C(F)(F)F)c1)c1nnc(-c2cccc(-c3cccs3)c2)o1. The van der Waals surface area contributed by atoms with E-state index < -0.39 is 17.6 Å². The lowest BCUT2D eigenvalue weighted by Gasteiger charge is -2.08. The van der Waals surface area contributed by atoms with E-state index in [9.17, 15) is 18.0 Å². The van der Waals surface area contributed by atoms with Gasteiger partial charge in [0, 0.05) is 16.1 Å². The molecule has 0 aliphatic carbocycles. The molecule has 2 aromatic carbocycles. The van der Waals surface area contributed by atoms with Gasteiger partial charge in [-0.25, -0.2) is 0 Å². The molecule has 146 valence electrons. The maximum atomic E-state index is 12.8. The third-order valence-corrected chi connectivity index (χ3v) is 4.90. The van der Waals surface area contributed by atoms with Crippen molar-refractivity contribution in [3.05, 3.63) is 77.5 Å². The number of hydrogen-bond acceptors (Lipinski definition) is 5. The highest BCUT2D eigenvalue weighted by Crippen LogP contribution is 2.31. The molecular formula is C20H12F3N3O2S. The Balaban J connectivity index is 1.54. The number of hydrogen-bond donors (Lipinski definition) is 1. The summed E-state index contributed by atoms with van der Waals surface area (Å²) >= 11 is 1.58. The van der Waals surface area contributed by atoms with Crippen molar-refractivity contribution >= 4 is 22.9 Å². The molecule has 4 aromatic rings. The molecule has 0 saturated heterocycles. The summed E-state index contributed by atoms with van der Waals surface area (Å²) in [4.78, 5) is 13.4. The molecule has 2 aromatic heterocycles. The Morgan fingerprint density at radius 3 is 2.52 bits per heavy atom. The topological polar surface area (TPSA) is 68.0 Å². The van der Waals surface area contributed by atoms with Crippen LogP contribution in [0.25, 0.3) is 21.9 Å². The normalized spacial score (nSPS) is 11.4. The van der Waals surface area contributed by atoms with Crippen LogP contribution in [0, 0.1) is 0 Å². The second-order valence-corrected chi connectivity index (χ2v) is 6.95. The van der Waals surface area contributed by atoms with Crippen molar-refractivity contribution in [2.75, 3.05) is 5.32 Å². The maximum absolute atomic E-state index is 12.8. The van der Waals surface area contributed by atoms with Crippen molar-refractivity contribution in [3.8, 4) is 21.9 Å². The van der Waals surface area contributed by atoms with Gasteiger partial charge in [-0.3, -0.25) is 4.79 Å². The van der Waals surface area contributed by atoms with E-state index in [1.54, 1.807) is 17.4 Å². The summed E-state index contributed by atoms with van der Waals surface area (Å²) in [5.74, 6) is -1.01. The number of carbonyl (C=O) groups excluding carboxylic acids is 1. The van der Waals surface area contributed by atoms with E-state index in [1.807, 2.05) is 35.7 Å². The van der Waals surface area contributed by atoms with Crippen LogP contribution in [-0.4, -0.2) is 16.1 Å². The third-order valence-electron chi connectivity index (χ3n) is 3.98. The summed E-state index contributed by atoms with van der Waals surface area (Å²) < 4.78 is 43.8. The van der Waals surface area contributed by atoms with E-state index in [4.69, 9.17) is 4.42 Å². The first-order valence-electron chi connectivity index (χ1n) is 8.36. The summed E-state index contributed by atoms with van der Waals surface area (Å²) in [7, 11) is 0. The van der Waals surface area contributed by atoms with E-state index >= 15 is 0 Å². The Labute approximate surface area is 166 Å². The van der Waals surface area contributed by atoms with E-state index in [-0.39, 0.29) is 17.5 Å². The molecule has 9 heteroatoms. The van der Waals surface area contributed by atoms with E-state index in [0.29, 0.717) is 5.56 Å². The van der Waals surface area contributed by atoms with Gasteiger partial charge in [0.25, 0.3) is 0 Å². The molecule has 0 aliphatic heterocycles. The minimum absolute atomic E-state index is 0.0238. The molecule has 1 amide bonds. The van der Waals surface area contributed by atoms with Crippen LogP contribution in [0.1, 0.15) is 16.2 Å². The molecule has 0 bridgehead atoms.